The number of rotatable bonds is 5. The van der Waals surface area contributed by atoms with E-state index in [1.54, 1.807) is 18.2 Å². The lowest BCUT2D eigenvalue weighted by Crippen LogP contribution is -2.43. The Balaban J connectivity index is 1.29. The third kappa shape index (κ3) is 4.92. The van der Waals surface area contributed by atoms with E-state index in [0.717, 1.165) is 18.9 Å². The second kappa shape index (κ2) is 8.88. The molecule has 0 spiro atoms. The second-order valence-corrected chi connectivity index (χ2v) is 8.13. The van der Waals surface area contributed by atoms with E-state index in [1.807, 2.05) is 0 Å². The maximum Gasteiger partial charge on any atom is 0.433 e. The number of hydrogen-bond acceptors (Lipinski definition) is 3. The Hall–Kier alpha value is -2.97. The van der Waals surface area contributed by atoms with Crippen molar-refractivity contribution >= 4 is 11.6 Å². The van der Waals surface area contributed by atoms with Crippen LogP contribution in [-0.4, -0.2) is 29.9 Å². The maximum atomic E-state index is 13.0. The molecule has 2 aliphatic carbocycles. The molecule has 1 saturated carbocycles. The molecule has 1 amide bonds. The predicted molar refractivity (Wildman–Crippen MR) is 110 cm³/mol. The summed E-state index contributed by atoms with van der Waals surface area (Å²) in [6, 6.07) is 5.29. The zero-order chi connectivity index (χ0) is 22.9. The van der Waals surface area contributed by atoms with Gasteiger partial charge in [0.05, 0.1) is 11.6 Å². The molecule has 1 heterocycles. The summed E-state index contributed by atoms with van der Waals surface area (Å²) in [5.74, 6) is -0.829. The van der Waals surface area contributed by atoms with Gasteiger partial charge < -0.3 is 10.6 Å². The lowest BCUT2D eigenvalue weighted by Gasteiger charge is -2.32. The molecule has 3 aliphatic rings. The molecule has 170 valence electrons. The van der Waals surface area contributed by atoms with E-state index in [0.29, 0.717) is 29.8 Å². The van der Waals surface area contributed by atoms with Crippen LogP contribution in [0.25, 0.3) is 0 Å². The van der Waals surface area contributed by atoms with Crippen molar-refractivity contribution in [2.45, 2.75) is 50.4 Å². The van der Waals surface area contributed by atoms with Crippen LogP contribution in [0.4, 0.5) is 22.0 Å². The van der Waals surface area contributed by atoms with Crippen LogP contribution in [0.5, 0.6) is 0 Å². The van der Waals surface area contributed by atoms with E-state index >= 15 is 0 Å². The molecule has 1 aromatic rings. The van der Waals surface area contributed by atoms with Crippen molar-refractivity contribution in [3.8, 4) is 0 Å². The van der Waals surface area contributed by atoms with E-state index in [2.05, 4.69) is 15.6 Å². The number of aliphatic imine (C=N–C) groups is 1. The van der Waals surface area contributed by atoms with Gasteiger partial charge in [0, 0.05) is 28.9 Å². The summed E-state index contributed by atoms with van der Waals surface area (Å²) in [4.78, 5) is 16.1. The van der Waals surface area contributed by atoms with E-state index < -0.39 is 24.2 Å². The van der Waals surface area contributed by atoms with Gasteiger partial charge in [-0.05, 0) is 56.0 Å². The van der Waals surface area contributed by atoms with Crippen molar-refractivity contribution in [2.24, 2.45) is 10.9 Å². The number of hydrogen-bond donors (Lipinski definition) is 2. The van der Waals surface area contributed by atoms with Gasteiger partial charge >= 0.3 is 6.18 Å². The minimum atomic E-state index is -4.47. The van der Waals surface area contributed by atoms with Gasteiger partial charge in [0.15, 0.2) is 0 Å². The molecular weight excluding hydrogens is 429 g/mol. The van der Waals surface area contributed by atoms with Gasteiger partial charge in [0.25, 0.3) is 12.3 Å². The van der Waals surface area contributed by atoms with Crippen LogP contribution in [0.3, 0.4) is 0 Å². The fourth-order valence-corrected chi connectivity index (χ4v) is 4.20. The number of nitrogens with one attached hydrogen (secondary N) is 2. The number of carbonyl (C=O) groups excluding carboxylic acids is 1. The van der Waals surface area contributed by atoms with E-state index in [4.69, 9.17) is 0 Å². The van der Waals surface area contributed by atoms with Gasteiger partial charge in [-0.1, -0.05) is 18.2 Å². The predicted octanol–water partition coefficient (Wildman–Crippen LogP) is 5.23. The number of halogens is 5. The summed E-state index contributed by atoms with van der Waals surface area (Å²) in [7, 11) is 0. The Bertz CT molecular complexity index is 984. The fourth-order valence-electron chi connectivity index (χ4n) is 4.20. The lowest BCUT2D eigenvalue weighted by molar-refractivity contribution is -0.0922. The largest absolute Gasteiger partial charge is 0.433 e. The van der Waals surface area contributed by atoms with Crippen molar-refractivity contribution in [3.63, 3.8) is 0 Å². The van der Waals surface area contributed by atoms with Crippen molar-refractivity contribution in [1.82, 2.24) is 10.6 Å². The summed E-state index contributed by atoms with van der Waals surface area (Å²) in [6.07, 6.45) is 2.04. The lowest BCUT2D eigenvalue weighted by atomic mass is 9.89. The normalized spacial score (nSPS) is 25.1. The molecule has 32 heavy (non-hydrogen) atoms. The van der Waals surface area contributed by atoms with Crippen molar-refractivity contribution in [2.75, 3.05) is 0 Å². The maximum absolute atomic E-state index is 13.0. The summed E-state index contributed by atoms with van der Waals surface area (Å²) >= 11 is 0. The Morgan fingerprint density at radius 2 is 1.69 bits per heavy atom. The number of benzene rings is 1. The summed E-state index contributed by atoms with van der Waals surface area (Å²) in [6.45, 7) is 0. The van der Waals surface area contributed by atoms with E-state index in [1.165, 1.54) is 24.3 Å². The summed E-state index contributed by atoms with van der Waals surface area (Å²) in [5, 5.41) is 6.29. The molecule has 0 aromatic heterocycles. The van der Waals surface area contributed by atoms with Gasteiger partial charge in [0.2, 0.25) is 0 Å². The molecule has 9 heteroatoms. The zero-order valence-electron chi connectivity index (χ0n) is 17.0. The van der Waals surface area contributed by atoms with Crippen LogP contribution in [0.1, 0.15) is 48.0 Å². The molecule has 1 aromatic carbocycles. The smallest absolute Gasteiger partial charge is 0.385 e. The first-order valence-electron chi connectivity index (χ1n) is 10.4. The Labute approximate surface area is 182 Å². The highest BCUT2D eigenvalue weighted by molar-refractivity contribution is 6.03. The SMILES string of the molecule is O=C(NC1CCC(NC2=CC=CC3=NC(C(F)(F)F)=CC23)CC1)c1ccc(C(F)F)cc1. The van der Waals surface area contributed by atoms with Gasteiger partial charge in [0.1, 0.15) is 5.70 Å². The average molecular weight is 451 g/mol. The highest BCUT2D eigenvalue weighted by Crippen LogP contribution is 2.36. The summed E-state index contributed by atoms with van der Waals surface area (Å²) in [5.41, 5.74) is 0.393. The molecule has 1 unspecified atom stereocenters. The Morgan fingerprint density at radius 3 is 2.31 bits per heavy atom. The zero-order valence-corrected chi connectivity index (χ0v) is 17.0. The minimum absolute atomic E-state index is 0.0455. The average Bonchev–Trinajstić information content (AvgIpc) is 3.21. The van der Waals surface area contributed by atoms with Gasteiger partial charge in [-0.2, -0.15) is 13.2 Å². The molecule has 0 bridgehead atoms. The third-order valence-electron chi connectivity index (χ3n) is 5.92. The Kier molecular flexibility index (Phi) is 6.17. The first-order valence-corrected chi connectivity index (χ1v) is 10.4. The number of nitrogens with zero attached hydrogens (tertiary/aromatic N) is 1. The Morgan fingerprint density at radius 1 is 1.03 bits per heavy atom. The topological polar surface area (TPSA) is 53.5 Å². The van der Waals surface area contributed by atoms with Crippen LogP contribution in [0.2, 0.25) is 0 Å². The van der Waals surface area contributed by atoms with E-state index in [-0.39, 0.29) is 23.6 Å². The van der Waals surface area contributed by atoms with Crippen molar-refractivity contribution < 1.29 is 26.7 Å². The number of alkyl halides is 5. The molecule has 0 saturated heterocycles. The number of carbonyl (C=O) groups is 1. The fraction of sp³-hybridized carbons (Fsp3) is 0.391. The molecule has 1 atom stereocenters. The van der Waals surface area contributed by atoms with Crippen LogP contribution >= 0.6 is 0 Å². The van der Waals surface area contributed by atoms with Crippen LogP contribution in [0, 0.1) is 5.92 Å². The van der Waals surface area contributed by atoms with Gasteiger partial charge in [-0.25, -0.2) is 13.8 Å². The van der Waals surface area contributed by atoms with Gasteiger partial charge in [-0.15, -0.1) is 0 Å². The number of amides is 1. The van der Waals surface area contributed by atoms with E-state index in [9.17, 15) is 26.7 Å². The summed E-state index contributed by atoms with van der Waals surface area (Å²) < 4.78 is 64.3. The second-order valence-electron chi connectivity index (χ2n) is 8.13. The molecule has 0 radical (unpaired) electrons. The van der Waals surface area contributed by atoms with Crippen LogP contribution in [-0.2, 0) is 0 Å². The molecule has 4 nitrogen and oxygen atoms in total. The molecule has 4 rings (SSSR count). The van der Waals surface area contributed by atoms with Crippen LogP contribution < -0.4 is 10.6 Å². The molecule has 1 fully saturated rings. The quantitative estimate of drug-likeness (QED) is 0.603. The van der Waals surface area contributed by atoms with Crippen LogP contribution in [0.15, 0.2) is 65.0 Å². The highest BCUT2D eigenvalue weighted by Gasteiger charge is 2.40. The minimum Gasteiger partial charge on any atom is -0.385 e. The molecule has 2 N–H and O–H groups in total. The first-order chi connectivity index (χ1) is 15.2. The standard InChI is InChI=1S/C23H22F5N3O/c24-21(25)13-4-6-14(7-5-13)22(32)30-16-10-8-15(9-11-16)29-18-2-1-3-19-17(18)12-20(31-19)23(26,27)28/h1-7,12,15-17,21,29H,8-11H2,(H,30,32). The van der Waals surface area contributed by atoms with Crippen molar-refractivity contribution in [1.29, 1.82) is 0 Å². The van der Waals surface area contributed by atoms with Gasteiger partial charge in [-0.3, -0.25) is 4.79 Å². The van der Waals surface area contributed by atoms with Crippen molar-refractivity contribution in [3.05, 3.63) is 71.1 Å². The molecular formula is C23H22F5N3O. The number of allylic oxidation sites excluding steroid dienone is 5. The monoisotopic (exact) mass is 451 g/mol. The molecule has 1 aliphatic heterocycles. The third-order valence-corrected chi connectivity index (χ3v) is 5.92. The first kappa shape index (κ1) is 22.2. The highest BCUT2D eigenvalue weighted by atomic mass is 19.4. The number of fused-ring (bicyclic) bond motifs is 1.